The number of nitrogens with one attached hydrogen (secondary N) is 2. The Morgan fingerprint density at radius 2 is 2.13 bits per heavy atom. The van der Waals surface area contributed by atoms with Gasteiger partial charge in [-0.1, -0.05) is 18.0 Å². The van der Waals surface area contributed by atoms with Crippen LogP contribution in [0.4, 0.5) is 10.8 Å². The van der Waals surface area contributed by atoms with Crippen molar-refractivity contribution in [2.75, 3.05) is 23.1 Å². The molecule has 8 nitrogen and oxygen atoms in total. The average Bonchev–Trinajstić information content (AvgIpc) is 3.15. The largest absolute Gasteiger partial charge is 0.384 e. The number of halogens is 1. The van der Waals surface area contributed by atoms with E-state index in [1.54, 1.807) is 6.07 Å². The summed E-state index contributed by atoms with van der Waals surface area (Å²) in [6.45, 7) is 3.39. The van der Waals surface area contributed by atoms with Crippen molar-refractivity contribution in [3.05, 3.63) is 29.5 Å². The smallest absolute Gasteiger partial charge is 0.263 e. The molecule has 166 valence electrons. The summed E-state index contributed by atoms with van der Waals surface area (Å²) >= 11 is 7.34. The van der Waals surface area contributed by atoms with E-state index in [0.29, 0.717) is 29.2 Å². The molecule has 0 aliphatic heterocycles. The van der Waals surface area contributed by atoms with Gasteiger partial charge in [-0.3, -0.25) is 4.72 Å². The summed E-state index contributed by atoms with van der Waals surface area (Å²) in [6.07, 6.45) is 7.03. The van der Waals surface area contributed by atoms with Crippen molar-refractivity contribution in [2.24, 2.45) is 22.8 Å². The molecule has 1 fully saturated rings. The fraction of sp³-hybridized carbons (Fsp3) is 0.579. The molecule has 1 aromatic carbocycles. The summed E-state index contributed by atoms with van der Waals surface area (Å²) in [5, 5.41) is 3.89. The molecule has 11 heteroatoms. The van der Waals surface area contributed by atoms with E-state index in [-0.39, 0.29) is 22.0 Å². The van der Waals surface area contributed by atoms with Crippen molar-refractivity contribution in [1.82, 2.24) is 9.36 Å². The molecule has 0 radical (unpaired) electrons. The van der Waals surface area contributed by atoms with Crippen LogP contribution in [0.1, 0.15) is 39.0 Å². The molecule has 0 saturated heterocycles. The van der Waals surface area contributed by atoms with Crippen LogP contribution in [0.25, 0.3) is 0 Å². The molecule has 2 atom stereocenters. The summed E-state index contributed by atoms with van der Waals surface area (Å²) in [5.41, 5.74) is 13.1. The van der Waals surface area contributed by atoms with Crippen LogP contribution in [0.2, 0.25) is 5.02 Å². The first-order valence-corrected chi connectivity index (χ1v) is 12.7. The second-order valence-electron chi connectivity index (χ2n) is 8.09. The lowest BCUT2D eigenvalue weighted by molar-refractivity contribution is 0.0816. The Morgan fingerprint density at radius 1 is 1.37 bits per heavy atom. The average molecular weight is 473 g/mol. The molecule has 1 aromatic heterocycles. The number of hydrogen-bond acceptors (Lipinski definition) is 8. The van der Waals surface area contributed by atoms with E-state index in [2.05, 4.69) is 19.4 Å². The first kappa shape index (κ1) is 23.2. The lowest BCUT2D eigenvalue weighted by Gasteiger charge is -2.45. The molecule has 0 spiro atoms. The van der Waals surface area contributed by atoms with Crippen LogP contribution in [-0.4, -0.2) is 36.9 Å². The van der Waals surface area contributed by atoms with Gasteiger partial charge in [-0.05, 0) is 68.7 Å². The van der Waals surface area contributed by atoms with E-state index in [1.165, 1.54) is 37.7 Å². The number of benzene rings is 1. The molecule has 0 bridgehead atoms. The second-order valence-corrected chi connectivity index (χ2v) is 11.0. The van der Waals surface area contributed by atoms with Crippen molar-refractivity contribution in [2.45, 2.75) is 50.0 Å². The molecule has 1 heterocycles. The number of nitrogens with two attached hydrogens (primary N) is 2. The summed E-state index contributed by atoms with van der Waals surface area (Å²) in [5.74, 6) is 0.274. The molecular weight excluding hydrogens is 444 g/mol. The predicted molar refractivity (Wildman–Crippen MR) is 122 cm³/mol. The third-order valence-electron chi connectivity index (χ3n) is 5.92. The van der Waals surface area contributed by atoms with Gasteiger partial charge in [0.1, 0.15) is 6.33 Å². The number of anilines is 2. The maximum Gasteiger partial charge on any atom is 0.263 e. The van der Waals surface area contributed by atoms with Crippen molar-refractivity contribution < 1.29 is 8.42 Å². The zero-order valence-corrected chi connectivity index (χ0v) is 19.4. The third-order valence-corrected chi connectivity index (χ3v) is 8.27. The van der Waals surface area contributed by atoms with E-state index < -0.39 is 10.0 Å². The molecule has 1 aliphatic rings. The maximum absolute atomic E-state index is 12.5. The van der Waals surface area contributed by atoms with Crippen molar-refractivity contribution in [1.29, 1.82) is 0 Å². The van der Waals surface area contributed by atoms with Crippen LogP contribution in [0.3, 0.4) is 0 Å². The molecular formula is C19H29ClN6O2S2. The summed E-state index contributed by atoms with van der Waals surface area (Å²) in [6, 6.07) is 4.65. The maximum atomic E-state index is 12.5. The number of sulfonamides is 1. The molecule has 3 rings (SSSR count). The second kappa shape index (κ2) is 9.78. The Kier molecular flexibility index (Phi) is 7.56. The number of rotatable bonds is 11. The Balaban J connectivity index is 1.66. The van der Waals surface area contributed by atoms with Gasteiger partial charge in [0.05, 0.1) is 15.6 Å². The van der Waals surface area contributed by atoms with E-state index in [1.807, 2.05) is 6.92 Å². The zero-order valence-electron chi connectivity index (χ0n) is 17.0. The van der Waals surface area contributed by atoms with Gasteiger partial charge in [-0.15, -0.1) is 0 Å². The highest BCUT2D eigenvalue weighted by molar-refractivity contribution is 7.93. The minimum Gasteiger partial charge on any atom is -0.384 e. The van der Waals surface area contributed by atoms with Gasteiger partial charge in [0, 0.05) is 24.1 Å². The highest BCUT2D eigenvalue weighted by atomic mass is 35.5. The Morgan fingerprint density at radius 3 is 2.67 bits per heavy atom. The fourth-order valence-electron chi connectivity index (χ4n) is 3.98. The van der Waals surface area contributed by atoms with Gasteiger partial charge in [0.2, 0.25) is 5.13 Å². The van der Waals surface area contributed by atoms with Crippen molar-refractivity contribution in [3.8, 4) is 0 Å². The normalized spacial score (nSPS) is 17.7. The Labute approximate surface area is 187 Å². The highest BCUT2D eigenvalue weighted by Gasteiger charge is 2.38. The molecule has 0 amide bonds. The van der Waals surface area contributed by atoms with Crippen LogP contribution in [0.5, 0.6) is 0 Å². The van der Waals surface area contributed by atoms with Gasteiger partial charge < -0.3 is 16.8 Å². The molecule has 0 unspecified atom stereocenters. The Hall–Kier alpha value is -1.46. The quantitative estimate of drug-likeness (QED) is 0.394. The molecule has 1 aliphatic carbocycles. The molecule has 2 aromatic rings. The summed E-state index contributed by atoms with van der Waals surface area (Å²) < 4.78 is 31.2. The SMILES string of the molecule is C[C@@H](N)[C@H](CNc1ccc(S(=O)(=O)Nc2ncns2)cc1Cl)CC1(CCN)CCC1. The monoisotopic (exact) mass is 472 g/mol. The van der Waals surface area contributed by atoms with Crippen molar-refractivity contribution >= 4 is 44.0 Å². The fourth-order valence-corrected chi connectivity index (χ4v) is 5.98. The predicted octanol–water partition coefficient (Wildman–Crippen LogP) is 3.28. The standard InChI is InChI=1S/C19H29ClN6O2S2/c1-13(22)14(10-19(7-8-21)5-2-6-19)11-23-17-4-3-15(9-16(17)20)30(27,28)26-18-24-12-25-29-18/h3-4,9,12-14,23H,2,5-8,10-11,21-22H2,1H3,(H,24,25,26)/t13-,14+/m1/s1. The van der Waals surface area contributed by atoms with E-state index in [9.17, 15) is 8.42 Å². The van der Waals surface area contributed by atoms with Gasteiger partial charge in [0.25, 0.3) is 10.0 Å². The first-order chi connectivity index (χ1) is 14.2. The van der Waals surface area contributed by atoms with Crippen LogP contribution in [0.15, 0.2) is 29.4 Å². The van der Waals surface area contributed by atoms with Crippen LogP contribution >= 0.6 is 23.1 Å². The van der Waals surface area contributed by atoms with E-state index in [4.69, 9.17) is 23.1 Å². The van der Waals surface area contributed by atoms with E-state index in [0.717, 1.165) is 24.4 Å². The van der Waals surface area contributed by atoms with Gasteiger partial charge in [0.15, 0.2) is 0 Å². The summed E-state index contributed by atoms with van der Waals surface area (Å²) in [7, 11) is -3.78. The van der Waals surface area contributed by atoms with Gasteiger partial charge in [-0.2, -0.15) is 4.37 Å². The zero-order chi connectivity index (χ0) is 21.8. The lowest BCUT2D eigenvalue weighted by atomic mass is 9.61. The topological polar surface area (TPSA) is 136 Å². The van der Waals surface area contributed by atoms with Crippen LogP contribution < -0.4 is 21.5 Å². The van der Waals surface area contributed by atoms with Gasteiger partial charge >= 0.3 is 0 Å². The minimum atomic E-state index is -3.78. The molecule has 1 saturated carbocycles. The van der Waals surface area contributed by atoms with E-state index >= 15 is 0 Å². The summed E-state index contributed by atoms with van der Waals surface area (Å²) in [4.78, 5) is 3.90. The lowest BCUT2D eigenvalue weighted by Crippen LogP contribution is -2.41. The molecule has 6 N–H and O–H groups in total. The van der Waals surface area contributed by atoms with Crippen molar-refractivity contribution in [3.63, 3.8) is 0 Å². The minimum absolute atomic E-state index is 0.0299. The number of aromatic nitrogens is 2. The number of hydrogen-bond donors (Lipinski definition) is 4. The Bertz CT molecular complexity index is 933. The first-order valence-electron chi connectivity index (χ1n) is 10.0. The third kappa shape index (κ3) is 5.61. The van der Waals surface area contributed by atoms with Gasteiger partial charge in [-0.25, -0.2) is 13.4 Å². The van der Waals surface area contributed by atoms with Crippen LogP contribution in [-0.2, 0) is 10.0 Å². The number of nitrogens with zero attached hydrogens (tertiary/aromatic N) is 2. The highest BCUT2D eigenvalue weighted by Crippen LogP contribution is 2.48. The van der Waals surface area contributed by atoms with Crippen LogP contribution in [0, 0.1) is 11.3 Å². The molecule has 30 heavy (non-hydrogen) atoms.